The summed E-state index contributed by atoms with van der Waals surface area (Å²) < 4.78 is 11.7. The van der Waals surface area contributed by atoms with Crippen LogP contribution in [0.15, 0.2) is 144 Å². The zero-order chi connectivity index (χ0) is 33.2. The maximum atomic E-state index is 6.73. The number of aromatic nitrogens is 2. The predicted octanol–water partition coefficient (Wildman–Crippen LogP) is 11.2. The van der Waals surface area contributed by atoms with E-state index in [1.807, 2.05) is 6.08 Å². The number of rotatable bonds is 1. The van der Waals surface area contributed by atoms with Gasteiger partial charge in [0.15, 0.2) is 12.2 Å². The zero-order valence-corrected chi connectivity index (χ0v) is 27.9. The molecule has 2 unspecified atom stereocenters. The molecule has 0 saturated carbocycles. The van der Waals surface area contributed by atoms with Gasteiger partial charge in [-0.2, -0.15) is 4.57 Å². The van der Waals surface area contributed by atoms with Crippen molar-refractivity contribution in [2.75, 3.05) is 0 Å². The van der Waals surface area contributed by atoms with Crippen LogP contribution in [0.2, 0.25) is 0 Å². The number of nitrogens with zero attached hydrogens (tertiary/aromatic N) is 3. The molecule has 9 aromatic rings. The fraction of sp³-hybridized carbons (Fsp3) is 0.130. The normalized spacial score (nSPS) is 18.7. The van der Waals surface area contributed by atoms with Gasteiger partial charge in [0, 0.05) is 61.8 Å². The van der Waals surface area contributed by atoms with Crippen LogP contribution in [-0.2, 0) is 6.42 Å². The standard InChI is InChI=1S/C46H34N3O/c1-4-38-33-24-37-42(23-28(33)17-18-31-29-11-5-6-12-30(29)39-14-9-10-20-48(39)41(31)22-27(3)47-38)49-40-19-16-26(2)21-34(40)35-25-36-32-13-7-8-15-43(32)50-46(36)44(37)45(35)49/h4-16,19-21,23-25,31,41H,1,3,17-18,22H2,2H3/q+1/b47-38-. The Morgan fingerprint density at radius 2 is 1.68 bits per heavy atom. The Hall–Kier alpha value is -6.00. The molecule has 0 fully saturated rings. The molecule has 2 aliphatic rings. The zero-order valence-electron chi connectivity index (χ0n) is 27.9. The minimum atomic E-state index is 0.223. The van der Waals surface area contributed by atoms with Gasteiger partial charge in [-0.05, 0) is 85.5 Å². The highest BCUT2D eigenvalue weighted by Gasteiger charge is 2.40. The molecule has 0 spiro atoms. The smallest absolute Gasteiger partial charge is 0.213 e. The minimum Gasteiger partial charge on any atom is -0.455 e. The summed E-state index contributed by atoms with van der Waals surface area (Å²) in [7, 11) is 0. The van der Waals surface area contributed by atoms with Crippen molar-refractivity contribution in [1.29, 1.82) is 0 Å². The number of pyridine rings is 1. The number of benzene rings is 5. The van der Waals surface area contributed by atoms with Gasteiger partial charge in [-0.1, -0.05) is 61.2 Å². The lowest BCUT2D eigenvalue weighted by molar-refractivity contribution is -0.718. The maximum Gasteiger partial charge on any atom is 0.213 e. The van der Waals surface area contributed by atoms with Crippen molar-refractivity contribution >= 4 is 65.7 Å². The molecular formula is C46H34N3O+. The Bertz CT molecular complexity index is 2970. The third-order valence-corrected chi connectivity index (χ3v) is 11.5. The van der Waals surface area contributed by atoms with Gasteiger partial charge in [-0.15, -0.1) is 0 Å². The topological polar surface area (TPSA) is 33.8 Å². The number of furan rings is 1. The molecule has 0 N–H and O–H groups in total. The molecule has 11 rings (SSSR count). The van der Waals surface area contributed by atoms with Crippen molar-refractivity contribution in [3.8, 4) is 11.3 Å². The highest BCUT2D eigenvalue weighted by Crippen LogP contribution is 2.48. The number of allylic oxidation sites excluding steroid dienone is 2. The number of para-hydroxylation sites is 1. The summed E-state index contributed by atoms with van der Waals surface area (Å²) in [6.07, 6.45) is 6.85. The first-order valence-electron chi connectivity index (χ1n) is 17.6. The summed E-state index contributed by atoms with van der Waals surface area (Å²) in [4.78, 5) is 5.25. The van der Waals surface area contributed by atoms with Gasteiger partial charge in [-0.3, -0.25) is 4.99 Å². The number of aliphatic imine (C=N–C) groups is 1. The molecule has 0 aliphatic carbocycles. The summed E-state index contributed by atoms with van der Waals surface area (Å²) in [5.74, 6) is 0.318. The molecule has 238 valence electrons. The monoisotopic (exact) mass is 644 g/mol. The Labute approximate surface area is 289 Å². The van der Waals surface area contributed by atoms with Gasteiger partial charge in [0.25, 0.3) is 0 Å². The van der Waals surface area contributed by atoms with Gasteiger partial charge >= 0.3 is 0 Å². The van der Waals surface area contributed by atoms with E-state index in [9.17, 15) is 0 Å². The molecule has 0 amide bonds. The molecule has 2 atom stereocenters. The first-order valence-corrected chi connectivity index (χ1v) is 17.6. The van der Waals surface area contributed by atoms with Crippen LogP contribution in [0.3, 0.4) is 0 Å². The van der Waals surface area contributed by atoms with Crippen LogP contribution >= 0.6 is 0 Å². The summed E-state index contributed by atoms with van der Waals surface area (Å²) in [6, 6.07) is 38.1. The lowest BCUT2D eigenvalue weighted by Gasteiger charge is -2.31. The maximum absolute atomic E-state index is 6.73. The largest absolute Gasteiger partial charge is 0.455 e. The van der Waals surface area contributed by atoms with E-state index in [0.29, 0.717) is 5.92 Å². The molecule has 6 heterocycles. The fourth-order valence-electron chi connectivity index (χ4n) is 9.43. The van der Waals surface area contributed by atoms with Gasteiger partial charge in [-0.25, -0.2) is 0 Å². The molecule has 0 bridgehead atoms. The van der Waals surface area contributed by atoms with Crippen molar-refractivity contribution in [2.24, 2.45) is 4.99 Å². The van der Waals surface area contributed by atoms with Crippen LogP contribution in [0.25, 0.3) is 71.3 Å². The quantitative estimate of drug-likeness (QED) is 0.164. The van der Waals surface area contributed by atoms with E-state index in [-0.39, 0.29) is 6.04 Å². The van der Waals surface area contributed by atoms with E-state index in [1.54, 1.807) is 0 Å². The number of hydrogen-bond acceptors (Lipinski definition) is 2. The molecule has 50 heavy (non-hydrogen) atoms. The van der Waals surface area contributed by atoms with Gasteiger partial charge in [0.1, 0.15) is 11.2 Å². The van der Waals surface area contributed by atoms with Crippen molar-refractivity contribution in [1.82, 2.24) is 4.40 Å². The second-order valence-electron chi connectivity index (χ2n) is 14.3. The number of aryl methyl sites for hydroxylation is 2. The van der Waals surface area contributed by atoms with E-state index in [1.165, 1.54) is 60.7 Å². The van der Waals surface area contributed by atoms with Gasteiger partial charge < -0.3 is 8.82 Å². The lowest BCUT2D eigenvalue weighted by Crippen LogP contribution is -2.47. The summed E-state index contributed by atoms with van der Waals surface area (Å²) in [5, 5.41) is 7.18. The Kier molecular flexibility index (Phi) is 5.59. The van der Waals surface area contributed by atoms with Crippen molar-refractivity contribution in [3.05, 3.63) is 157 Å². The van der Waals surface area contributed by atoms with Crippen LogP contribution < -0.4 is 4.57 Å². The van der Waals surface area contributed by atoms with Crippen molar-refractivity contribution < 1.29 is 8.98 Å². The van der Waals surface area contributed by atoms with E-state index in [4.69, 9.17) is 9.41 Å². The van der Waals surface area contributed by atoms with E-state index < -0.39 is 0 Å². The molecule has 4 nitrogen and oxygen atoms in total. The Morgan fingerprint density at radius 1 is 0.820 bits per heavy atom. The second kappa shape index (κ2) is 10.0. The van der Waals surface area contributed by atoms with Crippen LogP contribution in [0.5, 0.6) is 0 Å². The Morgan fingerprint density at radius 3 is 2.60 bits per heavy atom. The Balaban J connectivity index is 1.22. The molecule has 2 aliphatic heterocycles. The van der Waals surface area contributed by atoms with Crippen LogP contribution in [0, 0.1) is 6.92 Å². The predicted molar refractivity (Wildman–Crippen MR) is 206 cm³/mol. The van der Waals surface area contributed by atoms with E-state index in [0.717, 1.165) is 63.6 Å². The molecule has 5 aromatic carbocycles. The highest BCUT2D eigenvalue weighted by atomic mass is 16.3. The van der Waals surface area contributed by atoms with E-state index >= 15 is 0 Å². The van der Waals surface area contributed by atoms with Gasteiger partial charge in [0.2, 0.25) is 5.69 Å². The molecule has 4 aromatic heterocycles. The third-order valence-electron chi connectivity index (χ3n) is 11.5. The van der Waals surface area contributed by atoms with Crippen molar-refractivity contribution in [2.45, 2.75) is 38.1 Å². The molecule has 0 saturated heterocycles. The highest BCUT2D eigenvalue weighted by molar-refractivity contribution is 6.33. The summed E-state index contributed by atoms with van der Waals surface area (Å²) in [5.41, 5.74) is 14.9. The fourth-order valence-corrected chi connectivity index (χ4v) is 9.43. The molecular weight excluding hydrogens is 611 g/mol. The lowest BCUT2D eigenvalue weighted by atomic mass is 9.77. The van der Waals surface area contributed by atoms with Crippen LogP contribution in [-0.4, -0.2) is 10.1 Å². The number of hydrogen-bond donors (Lipinski definition) is 0. The van der Waals surface area contributed by atoms with Gasteiger partial charge in [0.05, 0.1) is 34.1 Å². The summed E-state index contributed by atoms with van der Waals surface area (Å²) in [6.45, 7) is 11.0. The average Bonchev–Trinajstić information content (AvgIpc) is 3.79. The van der Waals surface area contributed by atoms with Crippen LogP contribution in [0.1, 0.15) is 47.1 Å². The average molecular weight is 645 g/mol. The SMILES string of the molecule is C=C/C1=N/C(=C)CC2C(CCc3cc4c(cc31)c1c3oc5ccccc5c3cc3c5cc(C)ccc5n4c31)c1ccccc1-c1cccc[n+]12. The van der Waals surface area contributed by atoms with Crippen LogP contribution in [0.4, 0.5) is 0 Å². The van der Waals surface area contributed by atoms with Crippen molar-refractivity contribution in [3.63, 3.8) is 0 Å². The second-order valence-corrected chi connectivity index (χ2v) is 14.3. The minimum absolute atomic E-state index is 0.223. The number of fused-ring (bicyclic) bond motifs is 17. The van der Waals surface area contributed by atoms with E-state index in [2.05, 4.69) is 138 Å². The first kappa shape index (κ1) is 27.9. The molecule has 0 radical (unpaired) electrons. The third kappa shape index (κ3) is 3.65. The summed E-state index contributed by atoms with van der Waals surface area (Å²) >= 11 is 0. The molecule has 4 heteroatoms. The first-order chi connectivity index (χ1) is 24.6.